The van der Waals surface area contributed by atoms with Crippen LogP contribution in [0.5, 0.6) is 0 Å². The van der Waals surface area contributed by atoms with Crippen LogP contribution in [-0.4, -0.2) is 19.1 Å². The van der Waals surface area contributed by atoms with Gasteiger partial charge in [-0.3, -0.25) is 0 Å². The molecule has 0 saturated carbocycles. The summed E-state index contributed by atoms with van der Waals surface area (Å²) in [4.78, 5) is 7.90. The number of aromatic nitrogens is 1. The maximum absolute atomic E-state index is 4.53. The summed E-state index contributed by atoms with van der Waals surface area (Å²) in [7, 11) is 4.11. The van der Waals surface area contributed by atoms with Crippen molar-refractivity contribution < 1.29 is 0 Å². The normalized spacial score (nSPS) is 11.5. The average Bonchev–Trinajstić information content (AvgIpc) is 2.84. The summed E-state index contributed by atoms with van der Waals surface area (Å²) in [5.41, 5.74) is 2.42. The molecule has 0 amide bonds. The predicted octanol–water partition coefficient (Wildman–Crippen LogP) is 4.88. The van der Waals surface area contributed by atoms with Gasteiger partial charge in [0.2, 0.25) is 0 Å². The summed E-state index contributed by atoms with van der Waals surface area (Å²) < 4.78 is 1.08. The molecule has 3 nitrogen and oxygen atoms in total. The standard InChI is InChI=1S/C16H22BrN3S/c1-16(2,3)15-19-10-12(21-15)9-18-13-8-11(17)6-7-14(13)20(4)5/h6-8,10,18H,9H2,1-5H3. The Morgan fingerprint density at radius 2 is 2.00 bits per heavy atom. The Morgan fingerprint density at radius 3 is 2.57 bits per heavy atom. The highest BCUT2D eigenvalue weighted by Gasteiger charge is 2.18. The van der Waals surface area contributed by atoms with Crippen molar-refractivity contribution in [1.29, 1.82) is 0 Å². The zero-order chi connectivity index (χ0) is 15.6. The number of rotatable bonds is 4. The molecule has 0 fully saturated rings. The SMILES string of the molecule is CN(C)c1ccc(Br)cc1NCc1cnc(C(C)(C)C)s1. The lowest BCUT2D eigenvalue weighted by atomic mass is 9.98. The Hall–Kier alpha value is -1.07. The first-order valence-corrected chi connectivity index (χ1v) is 8.54. The summed E-state index contributed by atoms with van der Waals surface area (Å²) in [5, 5.41) is 4.70. The van der Waals surface area contributed by atoms with E-state index in [4.69, 9.17) is 0 Å². The number of benzene rings is 1. The van der Waals surface area contributed by atoms with Crippen molar-refractivity contribution in [2.45, 2.75) is 32.7 Å². The summed E-state index contributed by atoms with van der Waals surface area (Å²) in [6, 6.07) is 6.28. The number of hydrogen-bond acceptors (Lipinski definition) is 4. The molecular formula is C16H22BrN3S. The van der Waals surface area contributed by atoms with Gasteiger partial charge in [0.05, 0.1) is 22.9 Å². The van der Waals surface area contributed by atoms with Crippen LogP contribution in [0.15, 0.2) is 28.9 Å². The second-order valence-electron chi connectivity index (χ2n) is 6.29. The molecule has 2 aromatic rings. The zero-order valence-electron chi connectivity index (χ0n) is 13.2. The van der Waals surface area contributed by atoms with Gasteiger partial charge in [0, 0.05) is 35.1 Å². The summed E-state index contributed by atoms with van der Waals surface area (Å²) in [5.74, 6) is 0. The third kappa shape index (κ3) is 4.20. The molecule has 0 aliphatic rings. The number of halogens is 1. The molecule has 2 rings (SSSR count). The molecule has 1 N–H and O–H groups in total. The van der Waals surface area contributed by atoms with E-state index < -0.39 is 0 Å². The maximum Gasteiger partial charge on any atom is 0.0981 e. The molecule has 0 atom stereocenters. The Kier molecular flexibility index (Phi) is 4.94. The van der Waals surface area contributed by atoms with Crippen LogP contribution in [0.2, 0.25) is 0 Å². The first-order valence-electron chi connectivity index (χ1n) is 6.93. The number of thiazole rings is 1. The van der Waals surface area contributed by atoms with Crippen LogP contribution >= 0.6 is 27.3 Å². The molecule has 0 unspecified atom stereocenters. The van der Waals surface area contributed by atoms with Crippen LogP contribution in [0, 0.1) is 0 Å². The van der Waals surface area contributed by atoms with E-state index in [2.05, 4.69) is 84.2 Å². The van der Waals surface area contributed by atoms with Crippen LogP contribution in [0.1, 0.15) is 30.7 Å². The minimum Gasteiger partial charge on any atom is -0.378 e. The molecule has 1 aromatic heterocycles. The number of anilines is 2. The fraction of sp³-hybridized carbons (Fsp3) is 0.438. The smallest absolute Gasteiger partial charge is 0.0981 e. The fourth-order valence-corrected chi connectivity index (χ4v) is 3.23. The van der Waals surface area contributed by atoms with Gasteiger partial charge in [-0.25, -0.2) is 4.98 Å². The van der Waals surface area contributed by atoms with E-state index in [1.54, 1.807) is 11.3 Å². The lowest BCUT2D eigenvalue weighted by molar-refractivity contribution is 0.585. The molecule has 21 heavy (non-hydrogen) atoms. The van der Waals surface area contributed by atoms with Crippen molar-refractivity contribution in [2.75, 3.05) is 24.3 Å². The monoisotopic (exact) mass is 367 g/mol. The van der Waals surface area contributed by atoms with Crippen LogP contribution in [0.25, 0.3) is 0 Å². The molecule has 5 heteroatoms. The fourth-order valence-electron chi connectivity index (χ4n) is 1.96. The van der Waals surface area contributed by atoms with E-state index >= 15 is 0 Å². The van der Waals surface area contributed by atoms with E-state index in [1.807, 2.05) is 6.20 Å². The Balaban J connectivity index is 2.13. The predicted molar refractivity (Wildman–Crippen MR) is 96.6 cm³/mol. The zero-order valence-corrected chi connectivity index (χ0v) is 15.6. The van der Waals surface area contributed by atoms with Gasteiger partial charge in [0.25, 0.3) is 0 Å². The largest absolute Gasteiger partial charge is 0.378 e. The molecule has 0 aliphatic carbocycles. The van der Waals surface area contributed by atoms with E-state index in [0.29, 0.717) is 0 Å². The third-order valence-corrected chi connectivity index (χ3v) is 5.00. The first-order chi connectivity index (χ1) is 9.77. The van der Waals surface area contributed by atoms with Crippen molar-refractivity contribution in [3.05, 3.63) is 38.8 Å². The summed E-state index contributed by atoms with van der Waals surface area (Å²) in [6.45, 7) is 7.38. The summed E-state index contributed by atoms with van der Waals surface area (Å²) in [6.07, 6.45) is 1.98. The lowest BCUT2D eigenvalue weighted by Crippen LogP contribution is -2.12. The molecule has 0 radical (unpaired) electrons. The molecule has 1 aromatic carbocycles. The first kappa shape index (κ1) is 16.3. The van der Waals surface area contributed by atoms with Crippen molar-refractivity contribution >= 4 is 38.6 Å². The highest BCUT2D eigenvalue weighted by Crippen LogP contribution is 2.30. The van der Waals surface area contributed by atoms with Gasteiger partial charge < -0.3 is 10.2 Å². The molecule has 114 valence electrons. The number of nitrogens with one attached hydrogen (secondary N) is 1. The van der Waals surface area contributed by atoms with Crippen LogP contribution < -0.4 is 10.2 Å². The van der Waals surface area contributed by atoms with Gasteiger partial charge >= 0.3 is 0 Å². The second kappa shape index (κ2) is 6.36. The topological polar surface area (TPSA) is 28.2 Å². The van der Waals surface area contributed by atoms with Gasteiger partial charge in [-0.1, -0.05) is 36.7 Å². The lowest BCUT2D eigenvalue weighted by Gasteiger charge is -2.18. The highest BCUT2D eigenvalue weighted by atomic mass is 79.9. The van der Waals surface area contributed by atoms with Crippen LogP contribution in [0.3, 0.4) is 0 Å². The van der Waals surface area contributed by atoms with E-state index in [-0.39, 0.29) is 5.41 Å². The van der Waals surface area contributed by atoms with Crippen molar-refractivity contribution in [3.63, 3.8) is 0 Å². The van der Waals surface area contributed by atoms with Crippen molar-refractivity contribution in [1.82, 2.24) is 4.98 Å². The maximum atomic E-state index is 4.53. The van der Waals surface area contributed by atoms with Crippen LogP contribution in [0.4, 0.5) is 11.4 Å². The van der Waals surface area contributed by atoms with E-state index in [1.165, 1.54) is 15.6 Å². The van der Waals surface area contributed by atoms with E-state index in [0.717, 1.165) is 16.7 Å². The minimum absolute atomic E-state index is 0.119. The van der Waals surface area contributed by atoms with Gasteiger partial charge in [-0.2, -0.15) is 0 Å². The van der Waals surface area contributed by atoms with Gasteiger partial charge in [-0.05, 0) is 18.2 Å². The molecule has 1 heterocycles. The Labute approximate surface area is 139 Å². The number of hydrogen-bond donors (Lipinski definition) is 1. The Morgan fingerprint density at radius 1 is 1.29 bits per heavy atom. The second-order valence-corrected chi connectivity index (χ2v) is 8.32. The van der Waals surface area contributed by atoms with Gasteiger partial charge in [0.1, 0.15) is 0 Å². The van der Waals surface area contributed by atoms with Crippen molar-refractivity contribution in [2.24, 2.45) is 0 Å². The molecular weight excluding hydrogens is 346 g/mol. The minimum atomic E-state index is 0.119. The molecule has 0 saturated heterocycles. The third-order valence-electron chi connectivity index (χ3n) is 3.09. The van der Waals surface area contributed by atoms with Crippen molar-refractivity contribution in [3.8, 4) is 0 Å². The molecule has 0 spiro atoms. The van der Waals surface area contributed by atoms with Gasteiger partial charge in [-0.15, -0.1) is 11.3 Å². The highest BCUT2D eigenvalue weighted by molar-refractivity contribution is 9.10. The van der Waals surface area contributed by atoms with Crippen LogP contribution in [-0.2, 0) is 12.0 Å². The Bertz CT molecular complexity index is 614. The molecule has 0 aliphatic heterocycles. The molecule has 0 bridgehead atoms. The number of nitrogens with zero attached hydrogens (tertiary/aromatic N) is 2. The van der Waals surface area contributed by atoms with Gasteiger partial charge in [0.15, 0.2) is 0 Å². The average molecular weight is 368 g/mol. The van der Waals surface area contributed by atoms with E-state index in [9.17, 15) is 0 Å². The summed E-state index contributed by atoms with van der Waals surface area (Å²) >= 11 is 5.31. The quantitative estimate of drug-likeness (QED) is 0.834.